The van der Waals surface area contributed by atoms with Crippen molar-refractivity contribution in [3.8, 4) is 0 Å². The molecule has 0 heterocycles. The maximum absolute atomic E-state index is 10.6. The Morgan fingerprint density at radius 3 is 2.32 bits per heavy atom. The van der Waals surface area contributed by atoms with Gasteiger partial charge in [-0.15, -0.1) is 11.6 Å². The van der Waals surface area contributed by atoms with E-state index in [4.69, 9.17) is 58.0 Å². The van der Waals surface area contributed by atoms with E-state index in [-0.39, 0.29) is 31.4 Å². The standard InChI is InChI=1S/C12H7Cl5O2/c13-6-2-1-5(8(15)9(6)16)12(19)4-3-7(14)10(18)11(12)17/h1-4,11,18-19H. The Bertz CT molecular complexity index is 596. The molecule has 19 heavy (non-hydrogen) atoms. The zero-order valence-electron chi connectivity index (χ0n) is 9.17. The lowest BCUT2D eigenvalue weighted by Crippen LogP contribution is -2.37. The van der Waals surface area contributed by atoms with Gasteiger partial charge in [-0.3, -0.25) is 0 Å². The van der Waals surface area contributed by atoms with Gasteiger partial charge in [0.05, 0.1) is 20.1 Å². The number of rotatable bonds is 1. The monoisotopic (exact) mass is 358 g/mol. The third kappa shape index (κ3) is 2.46. The Hall–Kier alpha value is -0.0900. The van der Waals surface area contributed by atoms with Crippen LogP contribution in [0, 0.1) is 0 Å². The van der Waals surface area contributed by atoms with Crippen LogP contribution < -0.4 is 0 Å². The topological polar surface area (TPSA) is 40.5 Å². The van der Waals surface area contributed by atoms with Crippen LogP contribution in [0.5, 0.6) is 0 Å². The van der Waals surface area contributed by atoms with Gasteiger partial charge in [-0.25, -0.2) is 0 Å². The largest absolute Gasteiger partial charge is 0.509 e. The summed E-state index contributed by atoms with van der Waals surface area (Å²) in [5.74, 6) is -0.338. The minimum atomic E-state index is -1.73. The lowest BCUT2D eigenvalue weighted by molar-refractivity contribution is 0.0791. The van der Waals surface area contributed by atoms with E-state index in [0.717, 1.165) is 0 Å². The van der Waals surface area contributed by atoms with Gasteiger partial charge in [0.15, 0.2) is 0 Å². The van der Waals surface area contributed by atoms with Gasteiger partial charge < -0.3 is 10.2 Å². The second-order valence-corrected chi connectivity index (χ2v) is 5.98. The summed E-state index contributed by atoms with van der Waals surface area (Å²) >= 11 is 29.6. The van der Waals surface area contributed by atoms with E-state index < -0.39 is 11.0 Å². The molecule has 0 amide bonds. The molecule has 0 aliphatic heterocycles. The molecule has 102 valence electrons. The molecule has 1 aromatic rings. The molecule has 0 bridgehead atoms. The molecule has 7 heteroatoms. The van der Waals surface area contributed by atoms with E-state index >= 15 is 0 Å². The van der Waals surface area contributed by atoms with E-state index in [9.17, 15) is 10.2 Å². The van der Waals surface area contributed by atoms with Crippen molar-refractivity contribution in [3.05, 3.63) is 55.7 Å². The molecule has 0 aromatic heterocycles. The van der Waals surface area contributed by atoms with Crippen molar-refractivity contribution in [2.24, 2.45) is 0 Å². The van der Waals surface area contributed by atoms with Crippen molar-refractivity contribution >= 4 is 58.0 Å². The van der Waals surface area contributed by atoms with E-state index in [0.29, 0.717) is 0 Å². The van der Waals surface area contributed by atoms with Gasteiger partial charge in [-0.2, -0.15) is 0 Å². The molecule has 0 fully saturated rings. The van der Waals surface area contributed by atoms with Gasteiger partial charge in [-0.05, 0) is 18.2 Å². The smallest absolute Gasteiger partial charge is 0.133 e. The molecule has 0 radical (unpaired) electrons. The van der Waals surface area contributed by atoms with Crippen LogP contribution in [0.2, 0.25) is 15.1 Å². The first-order chi connectivity index (χ1) is 8.79. The first-order valence-corrected chi connectivity index (χ1v) is 7.02. The predicted molar refractivity (Wildman–Crippen MR) is 79.7 cm³/mol. The van der Waals surface area contributed by atoms with Gasteiger partial charge in [0, 0.05) is 5.56 Å². The molecule has 1 aromatic carbocycles. The lowest BCUT2D eigenvalue weighted by atomic mass is 9.86. The fourth-order valence-corrected chi connectivity index (χ4v) is 2.98. The van der Waals surface area contributed by atoms with Crippen LogP contribution in [0.4, 0.5) is 0 Å². The fraction of sp³-hybridized carbons (Fsp3) is 0.167. The minimum absolute atomic E-state index is 0.0563. The molecule has 2 atom stereocenters. The summed E-state index contributed by atoms with van der Waals surface area (Å²) in [6.45, 7) is 0. The van der Waals surface area contributed by atoms with E-state index in [1.54, 1.807) is 0 Å². The van der Waals surface area contributed by atoms with Crippen molar-refractivity contribution < 1.29 is 10.2 Å². The van der Waals surface area contributed by atoms with E-state index in [1.807, 2.05) is 0 Å². The third-order valence-corrected chi connectivity index (χ3v) is 4.97. The normalized spacial score (nSPS) is 26.9. The van der Waals surface area contributed by atoms with Crippen molar-refractivity contribution in [1.82, 2.24) is 0 Å². The van der Waals surface area contributed by atoms with E-state index in [2.05, 4.69) is 0 Å². The molecule has 0 spiro atoms. The second kappa shape index (κ2) is 5.36. The Labute approximate surface area is 134 Å². The van der Waals surface area contributed by atoms with Crippen molar-refractivity contribution in [1.29, 1.82) is 0 Å². The molecular weight excluding hydrogens is 353 g/mol. The van der Waals surface area contributed by atoms with Gasteiger partial charge >= 0.3 is 0 Å². The average Bonchev–Trinajstić information content (AvgIpc) is 2.38. The Balaban J connectivity index is 2.60. The van der Waals surface area contributed by atoms with Crippen molar-refractivity contribution in [3.63, 3.8) is 0 Å². The van der Waals surface area contributed by atoms with Crippen LogP contribution in [0.1, 0.15) is 5.56 Å². The zero-order valence-corrected chi connectivity index (χ0v) is 13.0. The molecule has 1 aliphatic carbocycles. The fourth-order valence-electron chi connectivity index (χ4n) is 1.76. The van der Waals surface area contributed by atoms with Gasteiger partial charge in [0.1, 0.15) is 16.7 Å². The maximum atomic E-state index is 10.6. The minimum Gasteiger partial charge on any atom is -0.509 e. The third-order valence-electron chi connectivity index (χ3n) is 2.82. The quantitative estimate of drug-likeness (QED) is 0.545. The highest BCUT2D eigenvalue weighted by atomic mass is 35.5. The summed E-state index contributed by atoms with van der Waals surface area (Å²) < 4.78 is 0. The highest BCUT2D eigenvalue weighted by molar-refractivity contribution is 6.48. The van der Waals surface area contributed by atoms with Gasteiger partial charge in [-0.1, -0.05) is 52.5 Å². The van der Waals surface area contributed by atoms with E-state index in [1.165, 1.54) is 24.3 Å². The van der Waals surface area contributed by atoms with Crippen LogP contribution >= 0.6 is 58.0 Å². The first kappa shape index (κ1) is 15.3. The molecule has 2 nitrogen and oxygen atoms in total. The summed E-state index contributed by atoms with van der Waals surface area (Å²) in [4.78, 5) is 0. The van der Waals surface area contributed by atoms with Crippen LogP contribution in [-0.2, 0) is 5.60 Å². The number of aliphatic hydroxyl groups is 2. The van der Waals surface area contributed by atoms with Gasteiger partial charge in [0.25, 0.3) is 0 Å². The van der Waals surface area contributed by atoms with Crippen LogP contribution in [-0.4, -0.2) is 15.6 Å². The summed E-state index contributed by atoms with van der Waals surface area (Å²) in [6.07, 6.45) is 2.69. The molecule has 1 aliphatic rings. The van der Waals surface area contributed by atoms with Crippen molar-refractivity contribution in [2.75, 3.05) is 0 Å². The molecular formula is C12H7Cl5O2. The average molecular weight is 360 g/mol. The van der Waals surface area contributed by atoms with Gasteiger partial charge in [0.2, 0.25) is 0 Å². The number of allylic oxidation sites excluding steroid dienone is 2. The Morgan fingerprint density at radius 2 is 1.68 bits per heavy atom. The number of hydrogen-bond acceptors (Lipinski definition) is 2. The summed E-state index contributed by atoms with van der Waals surface area (Å²) in [6, 6.07) is 2.97. The number of alkyl halides is 1. The number of aliphatic hydroxyl groups excluding tert-OH is 1. The summed E-state index contributed by atoms with van der Waals surface area (Å²) in [5.41, 5.74) is -1.49. The van der Waals surface area contributed by atoms with Crippen LogP contribution in [0.25, 0.3) is 0 Å². The number of halogens is 5. The predicted octanol–water partition coefficient (Wildman–Crippen LogP) is 5.02. The van der Waals surface area contributed by atoms with Crippen LogP contribution in [0.15, 0.2) is 35.1 Å². The molecule has 0 saturated heterocycles. The SMILES string of the molecule is OC1=C(Cl)C=CC(O)(c2ccc(Cl)c(Cl)c2Cl)C1Cl. The first-order valence-electron chi connectivity index (χ1n) is 5.07. The molecule has 0 saturated carbocycles. The molecule has 2 unspecified atom stereocenters. The van der Waals surface area contributed by atoms with Crippen molar-refractivity contribution in [2.45, 2.75) is 11.0 Å². The Kier molecular flexibility index (Phi) is 4.32. The lowest BCUT2D eigenvalue weighted by Gasteiger charge is -2.33. The number of benzene rings is 1. The summed E-state index contributed by atoms with van der Waals surface area (Å²) in [5, 5.41) is 19.7. The second-order valence-electron chi connectivity index (χ2n) is 3.98. The summed E-state index contributed by atoms with van der Waals surface area (Å²) in [7, 11) is 0. The Morgan fingerprint density at radius 1 is 1.05 bits per heavy atom. The number of hydrogen-bond donors (Lipinski definition) is 2. The van der Waals surface area contributed by atoms with Crippen LogP contribution in [0.3, 0.4) is 0 Å². The maximum Gasteiger partial charge on any atom is 0.133 e. The highest BCUT2D eigenvalue weighted by Crippen LogP contribution is 2.44. The molecule has 2 rings (SSSR count). The zero-order chi connectivity index (χ0) is 14.4. The molecule has 2 N–H and O–H groups in total. The highest BCUT2D eigenvalue weighted by Gasteiger charge is 2.42.